The lowest BCUT2D eigenvalue weighted by molar-refractivity contribution is -0.131. The van der Waals surface area contributed by atoms with Gasteiger partial charge >= 0.3 is 5.97 Å². The van der Waals surface area contributed by atoms with Gasteiger partial charge in [0.25, 0.3) is 0 Å². The SMILES string of the molecule is CCC(CSC)N(C)C(=O)CCc1ccc(C(=O)O)cc1. The summed E-state index contributed by atoms with van der Waals surface area (Å²) in [7, 11) is 1.86. The highest BCUT2D eigenvalue weighted by molar-refractivity contribution is 7.98. The number of thioether (sulfide) groups is 1. The maximum absolute atomic E-state index is 12.2. The van der Waals surface area contributed by atoms with Crippen LogP contribution < -0.4 is 0 Å². The highest BCUT2D eigenvalue weighted by Crippen LogP contribution is 2.12. The Morgan fingerprint density at radius 2 is 1.90 bits per heavy atom. The Kier molecular flexibility index (Phi) is 7.29. The molecule has 4 nitrogen and oxygen atoms in total. The number of aromatic carboxylic acids is 1. The van der Waals surface area contributed by atoms with Gasteiger partial charge in [0.2, 0.25) is 5.91 Å². The molecule has 0 heterocycles. The molecular formula is C16H23NO3S. The zero-order chi connectivity index (χ0) is 15.8. The molecule has 1 rings (SSSR count). The van der Waals surface area contributed by atoms with E-state index in [0.717, 1.165) is 17.7 Å². The van der Waals surface area contributed by atoms with E-state index in [2.05, 4.69) is 6.92 Å². The van der Waals surface area contributed by atoms with Crippen molar-refractivity contribution >= 4 is 23.6 Å². The first kappa shape index (κ1) is 17.6. The summed E-state index contributed by atoms with van der Waals surface area (Å²) < 4.78 is 0. The van der Waals surface area contributed by atoms with Gasteiger partial charge in [-0.25, -0.2) is 4.79 Å². The summed E-state index contributed by atoms with van der Waals surface area (Å²) in [4.78, 5) is 24.8. The summed E-state index contributed by atoms with van der Waals surface area (Å²) >= 11 is 1.75. The second kappa shape index (κ2) is 8.72. The number of hydrogen-bond acceptors (Lipinski definition) is 3. The number of amides is 1. The molecule has 1 N–H and O–H groups in total. The number of aryl methyl sites for hydroxylation is 1. The van der Waals surface area contributed by atoms with Crippen molar-refractivity contribution in [2.45, 2.75) is 32.2 Å². The van der Waals surface area contributed by atoms with E-state index in [-0.39, 0.29) is 17.5 Å². The van der Waals surface area contributed by atoms with Crippen LogP contribution in [-0.4, -0.2) is 47.0 Å². The van der Waals surface area contributed by atoms with Crippen LogP contribution in [0.25, 0.3) is 0 Å². The molecule has 0 fully saturated rings. The van der Waals surface area contributed by atoms with Crippen LogP contribution in [-0.2, 0) is 11.2 Å². The molecule has 1 unspecified atom stereocenters. The van der Waals surface area contributed by atoms with E-state index >= 15 is 0 Å². The summed E-state index contributed by atoms with van der Waals surface area (Å²) in [6.07, 6.45) is 4.09. The average Bonchev–Trinajstić information content (AvgIpc) is 2.49. The zero-order valence-electron chi connectivity index (χ0n) is 12.8. The second-order valence-corrected chi connectivity index (χ2v) is 5.93. The predicted octanol–water partition coefficient (Wildman–Crippen LogP) is 2.92. The van der Waals surface area contributed by atoms with Crippen molar-refractivity contribution in [3.63, 3.8) is 0 Å². The van der Waals surface area contributed by atoms with Gasteiger partial charge in [0.1, 0.15) is 0 Å². The number of carbonyl (C=O) groups is 2. The fraction of sp³-hybridized carbons (Fsp3) is 0.500. The lowest BCUT2D eigenvalue weighted by Gasteiger charge is -2.26. The van der Waals surface area contributed by atoms with Gasteiger partial charge in [-0.3, -0.25) is 4.79 Å². The minimum absolute atomic E-state index is 0.137. The summed E-state index contributed by atoms with van der Waals surface area (Å²) in [6.45, 7) is 2.09. The van der Waals surface area contributed by atoms with Crippen LogP contribution in [0.3, 0.4) is 0 Å². The molecule has 1 aromatic rings. The summed E-state index contributed by atoms with van der Waals surface area (Å²) in [5.74, 6) is 0.157. The number of carboxylic acid groups (broad SMARTS) is 1. The fourth-order valence-corrected chi connectivity index (χ4v) is 2.99. The Morgan fingerprint density at radius 3 is 2.38 bits per heavy atom. The Bertz CT molecular complexity index is 473. The van der Waals surface area contributed by atoms with E-state index in [4.69, 9.17) is 5.11 Å². The van der Waals surface area contributed by atoms with Gasteiger partial charge < -0.3 is 10.0 Å². The second-order valence-electron chi connectivity index (χ2n) is 5.02. The Labute approximate surface area is 130 Å². The molecule has 1 atom stereocenters. The van der Waals surface area contributed by atoms with Crippen molar-refractivity contribution in [2.24, 2.45) is 0 Å². The maximum atomic E-state index is 12.2. The smallest absolute Gasteiger partial charge is 0.335 e. The molecule has 0 saturated heterocycles. The lowest BCUT2D eigenvalue weighted by Crippen LogP contribution is -2.38. The Morgan fingerprint density at radius 1 is 1.29 bits per heavy atom. The third-order valence-corrected chi connectivity index (χ3v) is 4.32. The van der Waals surface area contributed by atoms with Crippen LogP contribution in [0.2, 0.25) is 0 Å². The van der Waals surface area contributed by atoms with E-state index in [1.807, 2.05) is 18.2 Å². The average molecular weight is 309 g/mol. The van der Waals surface area contributed by atoms with Gasteiger partial charge in [0.05, 0.1) is 5.56 Å². The minimum Gasteiger partial charge on any atom is -0.478 e. The number of carbonyl (C=O) groups excluding carboxylic acids is 1. The van der Waals surface area contributed by atoms with E-state index in [0.29, 0.717) is 12.8 Å². The molecule has 0 radical (unpaired) electrons. The topological polar surface area (TPSA) is 57.6 Å². The van der Waals surface area contributed by atoms with Crippen molar-refractivity contribution < 1.29 is 14.7 Å². The van der Waals surface area contributed by atoms with Crippen molar-refractivity contribution in [2.75, 3.05) is 19.1 Å². The quantitative estimate of drug-likeness (QED) is 0.802. The largest absolute Gasteiger partial charge is 0.478 e. The number of rotatable bonds is 8. The van der Waals surface area contributed by atoms with Crippen molar-refractivity contribution in [1.29, 1.82) is 0 Å². The van der Waals surface area contributed by atoms with Crippen molar-refractivity contribution in [3.8, 4) is 0 Å². The monoisotopic (exact) mass is 309 g/mol. The van der Waals surface area contributed by atoms with Gasteiger partial charge in [-0.2, -0.15) is 11.8 Å². The van der Waals surface area contributed by atoms with Crippen molar-refractivity contribution in [3.05, 3.63) is 35.4 Å². The Hall–Kier alpha value is -1.49. The molecule has 0 spiro atoms. The molecule has 21 heavy (non-hydrogen) atoms. The number of hydrogen-bond donors (Lipinski definition) is 1. The maximum Gasteiger partial charge on any atom is 0.335 e. The van der Waals surface area contributed by atoms with Crippen LogP contribution in [0.15, 0.2) is 24.3 Å². The number of benzene rings is 1. The van der Waals surface area contributed by atoms with Crippen LogP contribution in [0.5, 0.6) is 0 Å². The molecule has 0 aromatic heterocycles. The molecule has 0 aliphatic carbocycles. The molecule has 116 valence electrons. The van der Waals surface area contributed by atoms with E-state index < -0.39 is 5.97 Å². The van der Waals surface area contributed by atoms with Gasteiger partial charge in [-0.05, 0) is 36.8 Å². The first-order chi connectivity index (χ1) is 9.99. The van der Waals surface area contributed by atoms with Crippen LogP contribution >= 0.6 is 11.8 Å². The standard InChI is InChI=1S/C16H23NO3S/c1-4-14(11-21-3)17(2)15(18)10-7-12-5-8-13(9-6-12)16(19)20/h5-6,8-9,14H,4,7,10-11H2,1-3H3,(H,19,20). The number of carboxylic acids is 1. The molecule has 1 aromatic carbocycles. The third kappa shape index (κ3) is 5.42. The fourth-order valence-electron chi connectivity index (χ4n) is 2.14. The summed E-state index contributed by atoms with van der Waals surface area (Å²) in [5.41, 5.74) is 1.26. The molecule has 0 saturated carbocycles. The lowest BCUT2D eigenvalue weighted by atomic mass is 10.1. The molecule has 0 aliphatic rings. The van der Waals surface area contributed by atoms with E-state index in [9.17, 15) is 9.59 Å². The third-order valence-electron chi connectivity index (χ3n) is 3.60. The first-order valence-corrected chi connectivity index (χ1v) is 8.45. The number of nitrogens with zero attached hydrogens (tertiary/aromatic N) is 1. The minimum atomic E-state index is -0.930. The van der Waals surface area contributed by atoms with Gasteiger partial charge in [0, 0.05) is 25.3 Å². The van der Waals surface area contributed by atoms with Gasteiger partial charge in [-0.15, -0.1) is 0 Å². The zero-order valence-corrected chi connectivity index (χ0v) is 13.7. The summed E-state index contributed by atoms with van der Waals surface area (Å²) in [5, 5.41) is 8.84. The first-order valence-electron chi connectivity index (χ1n) is 7.06. The Balaban J connectivity index is 2.53. The van der Waals surface area contributed by atoms with Gasteiger partial charge in [-0.1, -0.05) is 19.1 Å². The molecule has 5 heteroatoms. The van der Waals surface area contributed by atoms with Crippen molar-refractivity contribution in [1.82, 2.24) is 4.90 Å². The van der Waals surface area contributed by atoms with Crippen LogP contribution in [0.4, 0.5) is 0 Å². The summed E-state index contributed by atoms with van der Waals surface area (Å²) in [6, 6.07) is 6.98. The highest BCUT2D eigenvalue weighted by Gasteiger charge is 2.17. The molecule has 1 amide bonds. The molecule has 0 aliphatic heterocycles. The van der Waals surface area contributed by atoms with E-state index in [1.54, 1.807) is 36.0 Å². The normalized spacial score (nSPS) is 12.0. The van der Waals surface area contributed by atoms with Gasteiger partial charge in [0.15, 0.2) is 0 Å². The molecule has 0 bridgehead atoms. The van der Waals surface area contributed by atoms with Crippen LogP contribution in [0.1, 0.15) is 35.7 Å². The highest BCUT2D eigenvalue weighted by atomic mass is 32.2. The van der Waals surface area contributed by atoms with Crippen LogP contribution in [0, 0.1) is 0 Å². The molecular weight excluding hydrogens is 286 g/mol. The van der Waals surface area contributed by atoms with E-state index in [1.165, 1.54) is 0 Å². The predicted molar refractivity (Wildman–Crippen MR) is 87.0 cm³/mol.